The minimum absolute atomic E-state index is 0.139. The number of benzene rings is 1. The molecule has 1 aromatic rings. The second-order valence-electron chi connectivity index (χ2n) is 4.97. The summed E-state index contributed by atoms with van der Waals surface area (Å²) >= 11 is 11.6. The molecular formula is C13H18Cl2N2O3. The van der Waals surface area contributed by atoms with E-state index in [0.717, 1.165) is 6.54 Å². The lowest BCUT2D eigenvalue weighted by atomic mass is 10.2. The van der Waals surface area contributed by atoms with Gasteiger partial charge in [-0.15, -0.1) is 0 Å². The van der Waals surface area contributed by atoms with Gasteiger partial charge in [-0.1, -0.05) is 44.0 Å². The van der Waals surface area contributed by atoms with Crippen LogP contribution in [-0.2, 0) is 0 Å². The molecule has 5 nitrogen and oxygen atoms in total. The molecule has 0 amide bonds. The van der Waals surface area contributed by atoms with Gasteiger partial charge >= 0.3 is 5.69 Å². The van der Waals surface area contributed by atoms with Gasteiger partial charge in [0.1, 0.15) is 0 Å². The molecule has 0 bridgehead atoms. The first-order valence-corrected chi connectivity index (χ1v) is 7.06. The van der Waals surface area contributed by atoms with Gasteiger partial charge in [0, 0.05) is 30.6 Å². The van der Waals surface area contributed by atoms with Crippen molar-refractivity contribution >= 4 is 28.9 Å². The standard InChI is InChI=1S/C13H18Cl2N2O3/c1-8(2)16-6-9(3)7-20-13-5-11(15)10(14)4-12(13)17(18)19/h4-5,8-9,16H,6-7H2,1-3H3. The highest BCUT2D eigenvalue weighted by Gasteiger charge is 2.19. The van der Waals surface area contributed by atoms with Crippen LogP contribution in [0.25, 0.3) is 0 Å². The van der Waals surface area contributed by atoms with Crippen molar-refractivity contribution in [2.45, 2.75) is 26.8 Å². The molecule has 0 spiro atoms. The molecule has 1 atom stereocenters. The van der Waals surface area contributed by atoms with E-state index >= 15 is 0 Å². The molecule has 1 N–H and O–H groups in total. The molecule has 7 heteroatoms. The smallest absolute Gasteiger partial charge is 0.312 e. The molecule has 0 aliphatic carbocycles. The predicted octanol–water partition coefficient (Wildman–Crippen LogP) is 3.91. The molecule has 0 saturated carbocycles. The third-order valence-electron chi connectivity index (χ3n) is 2.60. The van der Waals surface area contributed by atoms with Gasteiger partial charge in [0.05, 0.1) is 21.6 Å². The third kappa shape index (κ3) is 5.15. The van der Waals surface area contributed by atoms with Crippen LogP contribution in [0.2, 0.25) is 10.0 Å². The zero-order valence-electron chi connectivity index (χ0n) is 11.7. The van der Waals surface area contributed by atoms with E-state index in [1.165, 1.54) is 12.1 Å². The van der Waals surface area contributed by atoms with Crippen molar-refractivity contribution < 1.29 is 9.66 Å². The lowest BCUT2D eigenvalue weighted by Crippen LogP contribution is -2.30. The first-order valence-electron chi connectivity index (χ1n) is 6.30. The van der Waals surface area contributed by atoms with Gasteiger partial charge in [0.15, 0.2) is 5.75 Å². The van der Waals surface area contributed by atoms with Gasteiger partial charge in [-0.2, -0.15) is 0 Å². The van der Waals surface area contributed by atoms with Crippen LogP contribution < -0.4 is 10.1 Å². The average molecular weight is 321 g/mol. The molecule has 1 aromatic carbocycles. The van der Waals surface area contributed by atoms with Crippen LogP contribution in [-0.4, -0.2) is 24.1 Å². The number of nitro groups is 1. The van der Waals surface area contributed by atoms with E-state index in [9.17, 15) is 10.1 Å². The highest BCUT2D eigenvalue weighted by molar-refractivity contribution is 6.42. The summed E-state index contributed by atoms with van der Waals surface area (Å²) in [6.45, 7) is 7.23. The molecular weight excluding hydrogens is 303 g/mol. The predicted molar refractivity (Wildman–Crippen MR) is 80.9 cm³/mol. The van der Waals surface area contributed by atoms with E-state index < -0.39 is 4.92 Å². The van der Waals surface area contributed by atoms with E-state index in [4.69, 9.17) is 27.9 Å². The Morgan fingerprint density at radius 1 is 1.30 bits per heavy atom. The first-order chi connectivity index (χ1) is 9.31. The van der Waals surface area contributed by atoms with Crippen LogP contribution >= 0.6 is 23.2 Å². The van der Waals surface area contributed by atoms with Crippen molar-refractivity contribution in [1.29, 1.82) is 0 Å². The lowest BCUT2D eigenvalue weighted by molar-refractivity contribution is -0.385. The Labute approximate surface area is 128 Å². The van der Waals surface area contributed by atoms with Gasteiger partial charge in [0.25, 0.3) is 0 Å². The summed E-state index contributed by atoms with van der Waals surface area (Å²) in [7, 11) is 0. The van der Waals surface area contributed by atoms with Crippen molar-refractivity contribution in [3.8, 4) is 5.75 Å². The highest BCUT2D eigenvalue weighted by atomic mass is 35.5. The number of nitrogens with one attached hydrogen (secondary N) is 1. The van der Waals surface area contributed by atoms with Gasteiger partial charge in [-0.25, -0.2) is 0 Å². The Balaban J connectivity index is 2.72. The molecule has 0 aliphatic heterocycles. The molecule has 0 saturated heterocycles. The number of hydrogen-bond donors (Lipinski definition) is 1. The fourth-order valence-electron chi connectivity index (χ4n) is 1.50. The molecule has 1 unspecified atom stereocenters. The van der Waals surface area contributed by atoms with Crippen molar-refractivity contribution in [2.75, 3.05) is 13.2 Å². The molecule has 1 rings (SSSR count). The van der Waals surface area contributed by atoms with Crippen LogP contribution in [0, 0.1) is 16.0 Å². The Morgan fingerprint density at radius 3 is 2.45 bits per heavy atom. The number of hydrogen-bond acceptors (Lipinski definition) is 4. The van der Waals surface area contributed by atoms with E-state index in [2.05, 4.69) is 19.2 Å². The second kappa shape index (κ2) is 7.67. The SMILES string of the molecule is CC(CNC(C)C)COc1cc(Cl)c(Cl)cc1[N+](=O)[O-]. The van der Waals surface area contributed by atoms with Crippen LogP contribution in [0.1, 0.15) is 20.8 Å². The van der Waals surface area contributed by atoms with Gasteiger partial charge < -0.3 is 10.1 Å². The molecule has 0 aromatic heterocycles. The zero-order valence-corrected chi connectivity index (χ0v) is 13.2. The maximum absolute atomic E-state index is 11.0. The maximum atomic E-state index is 11.0. The number of nitro benzene ring substituents is 1. The summed E-state index contributed by atoms with van der Waals surface area (Å²) in [5.74, 6) is 0.354. The van der Waals surface area contributed by atoms with E-state index in [-0.39, 0.29) is 27.4 Å². The van der Waals surface area contributed by atoms with Crippen molar-refractivity contribution in [3.05, 3.63) is 32.3 Å². The quantitative estimate of drug-likeness (QED) is 0.611. The highest BCUT2D eigenvalue weighted by Crippen LogP contribution is 2.35. The minimum atomic E-state index is -0.533. The summed E-state index contributed by atoms with van der Waals surface area (Å²) in [6, 6.07) is 2.97. The van der Waals surface area contributed by atoms with E-state index in [1.54, 1.807) is 0 Å². The van der Waals surface area contributed by atoms with Crippen molar-refractivity contribution in [2.24, 2.45) is 5.92 Å². The Hall–Kier alpha value is -1.04. The number of ether oxygens (including phenoxy) is 1. The van der Waals surface area contributed by atoms with Crippen LogP contribution in [0.3, 0.4) is 0 Å². The largest absolute Gasteiger partial charge is 0.486 e. The molecule has 20 heavy (non-hydrogen) atoms. The van der Waals surface area contributed by atoms with Crippen LogP contribution in [0.15, 0.2) is 12.1 Å². The van der Waals surface area contributed by atoms with Crippen molar-refractivity contribution in [3.63, 3.8) is 0 Å². The average Bonchev–Trinajstić information content (AvgIpc) is 2.36. The fraction of sp³-hybridized carbons (Fsp3) is 0.538. The van der Waals surface area contributed by atoms with Crippen LogP contribution in [0.5, 0.6) is 5.75 Å². The van der Waals surface area contributed by atoms with E-state index in [0.29, 0.717) is 12.6 Å². The molecule has 112 valence electrons. The van der Waals surface area contributed by atoms with Gasteiger partial charge in [0.2, 0.25) is 0 Å². The topological polar surface area (TPSA) is 64.4 Å². The zero-order chi connectivity index (χ0) is 15.3. The molecule has 0 heterocycles. The number of rotatable bonds is 7. The number of halogens is 2. The molecule has 0 fully saturated rings. The van der Waals surface area contributed by atoms with Crippen molar-refractivity contribution in [1.82, 2.24) is 5.32 Å². The summed E-state index contributed by atoms with van der Waals surface area (Å²) in [5.41, 5.74) is -0.177. The molecule has 0 radical (unpaired) electrons. The fourth-order valence-corrected chi connectivity index (χ4v) is 1.82. The Bertz CT molecular complexity index is 481. The monoisotopic (exact) mass is 320 g/mol. The summed E-state index contributed by atoms with van der Waals surface area (Å²) in [4.78, 5) is 10.4. The van der Waals surface area contributed by atoms with Crippen LogP contribution in [0.4, 0.5) is 5.69 Å². The Kier molecular flexibility index (Phi) is 6.52. The minimum Gasteiger partial charge on any atom is -0.486 e. The summed E-state index contributed by atoms with van der Waals surface area (Å²) < 4.78 is 5.50. The van der Waals surface area contributed by atoms with Gasteiger partial charge in [-0.05, 0) is 0 Å². The summed E-state index contributed by atoms with van der Waals surface area (Å²) in [6.07, 6.45) is 0. The lowest BCUT2D eigenvalue weighted by Gasteiger charge is -2.16. The van der Waals surface area contributed by atoms with Gasteiger partial charge in [-0.3, -0.25) is 10.1 Å². The third-order valence-corrected chi connectivity index (χ3v) is 3.32. The first kappa shape index (κ1) is 17.0. The normalized spacial score (nSPS) is 12.5. The molecule has 0 aliphatic rings. The second-order valence-corrected chi connectivity index (χ2v) is 5.78. The maximum Gasteiger partial charge on any atom is 0.312 e. The summed E-state index contributed by atoms with van der Waals surface area (Å²) in [5, 5.41) is 14.6. The Morgan fingerprint density at radius 2 is 1.90 bits per heavy atom. The number of nitrogens with zero attached hydrogens (tertiary/aromatic N) is 1. The van der Waals surface area contributed by atoms with E-state index in [1.807, 2.05) is 6.92 Å².